The van der Waals surface area contributed by atoms with Crippen molar-refractivity contribution in [3.8, 4) is 11.4 Å². The number of halogens is 2. The molecule has 1 aliphatic heterocycles. The topological polar surface area (TPSA) is 90.0 Å². The molecule has 9 heteroatoms. The summed E-state index contributed by atoms with van der Waals surface area (Å²) < 4.78 is 13.8. The van der Waals surface area contributed by atoms with Crippen LogP contribution in [0.4, 0.5) is 21.8 Å². The van der Waals surface area contributed by atoms with E-state index in [0.29, 0.717) is 63.8 Å². The van der Waals surface area contributed by atoms with Gasteiger partial charge in [-0.2, -0.15) is 5.10 Å². The van der Waals surface area contributed by atoms with E-state index in [-0.39, 0.29) is 8.67 Å². The fourth-order valence-electron chi connectivity index (χ4n) is 4.28. The van der Waals surface area contributed by atoms with Gasteiger partial charge in [-0.05, 0) is 49.1 Å². The molecule has 1 saturated carbocycles. The highest BCUT2D eigenvalue weighted by atomic mass is 35.5. The van der Waals surface area contributed by atoms with Gasteiger partial charge in [0.05, 0.1) is 23.6 Å². The van der Waals surface area contributed by atoms with Crippen molar-refractivity contribution in [3.05, 3.63) is 59.4 Å². The number of aromatic amines is 1. The Hall–Kier alpha value is -3.23. The van der Waals surface area contributed by atoms with Gasteiger partial charge in [0.15, 0.2) is 11.6 Å². The molecule has 6 rings (SSSR count). The van der Waals surface area contributed by atoms with Gasteiger partial charge >= 0.3 is 0 Å². The van der Waals surface area contributed by atoms with Crippen molar-refractivity contribution in [2.45, 2.75) is 18.4 Å². The summed E-state index contributed by atoms with van der Waals surface area (Å²) in [7, 11) is 0. The molecule has 4 aromatic rings. The Morgan fingerprint density at radius 3 is 2.75 bits per heavy atom. The molecule has 166 valence electrons. The predicted molar refractivity (Wildman–Crippen MR) is 126 cm³/mol. The maximum atomic E-state index is 13.8. The highest BCUT2D eigenvalue weighted by Crippen LogP contribution is 2.45. The second-order valence-corrected chi connectivity index (χ2v) is 8.94. The third-order valence-electron chi connectivity index (χ3n) is 6.19. The van der Waals surface area contributed by atoms with Crippen molar-refractivity contribution in [1.29, 1.82) is 0 Å². The molecule has 3 heterocycles. The maximum Gasteiger partial charge on any atom is 0.165 e. The van der Waals surface area contributed by atoms with E-state index in [9.17, 15) is 9.50 Å². The van der Waals surface area contributed by atoms with Gasteiger partial charge in [-0.1, -0.05) is 23.7 Å². The summed E-state index contributed by atoms with van der Waals surface area (Å²) in [5, 5.41) is 22.3. The molecule has 7 nitrogen and oxygen atoms in total. The number of rotatable bonds is 5. The number of H-pyrrole nitrogens is 1. The van der Waals surface area contributed by atoms with E-state index in [1.165, 1.54) is 12.1 Å². The molecule has 0 amide bonds. The number of fused-ring (bicyclic) bond motifs is 1. The van der Waals surface area contributed by atoms with Gasteiger partial charge in [-0.15, -0.1) is 0 Å². The van der Waals surface area contributed by atoms with Crippen LogP contribution in [-0.2, 0) is 0 Å². The van der Waals surface area contributed by atoms with Crippen LogP contribution in [0.3, 0.4) is 0 Å². The van der Waals surface area contributed by atoms with E-state index in [1.807, 2.05) is 29.2 Å². The largest absolute Gasteiger partial charge is 0.386 e. The summed E-state index contributed by atoms with van der Waals surface area (Å²) in [6.07, 6.45) is 2.16. The van der Waals surface area contributed by atoms with Crippen molar-refractivity contribution in [3.63, 3.8) is 0 Å². The Morgan fingerprint density at radius 1 is 1.16 bits per heavy atom. The fourth-order valence-corrected chi connectivity index (χ4v) is 4.50. The summed E-state index contributed by atoms with van der Waals surface area (Å²) in [6, 6.07) is 13.6. The summed E-state index contributed by atoms with van der Waals surface area (Å²) in [5.41, 5.74) is 0.778. The lowest BCUT2D eigenvalue weighted by Gasteiger charge is -2.47. The number of β-amino-alcohol motifs (C(OH)–C–C–N with tert-alkyl or cyclic N) is 1. The van der Waals surface area contributed by atoms with Crippen LogP contribution < -0.4 is 10.2 Å². The molecule has 2 aromatic carbocycles. The highest BCUT2D eigenvalue weighted by molar-refractivity contribution is 6.33. The summed E-state index contributed by atoms with van der Waals surface area (Å²) in [4.78, 5) is 11.4. The average Bonchev–Trinajstić information content (AvgIpc) is 3.55. The van der Waals surface area contributed by atoms with Gasteiger partial charge in [0.2, 0.25) is 0 Å². The third kappa shape index (κ3) is 3.36. The zero-order valence-electron chi connectivity index (χ0n) is 17.0. The number of nitrogens with zero attached hydrogens (tertiary/aromatic N) is 4. The Morgan fingerprint density at radius 2 is 1.97 bits per heavy atom. The van der Waals surface area contributed by atoms with Crippen LogP contribution in [0.25, 0.3) is 22.3 Å². The molecule has 3 N–H and O–H groups in total. The normalized spacial score (nSPS) is 17.4. The molecule has 32 heavy (non-hydrogen) atoms. The summed E-state index contributed by atoms with van der Waals surface area (Å²) in [6.45, 7) is 1.07. The Bertz CT molecular complexity index is 1340. The molecule has 1 aliphatic carbocycles. The molecule has 0 bridgehead atoms. The first-order valence-electron chi connectivity index (χ1n) is 10.5. The van der Waals surface area contributed by atoms with Crippen molar-refractivity contribution in [2.75, 3.05) is 23.3 Å². The van der Waals surface area contributed by atoms with Crippen molar-refractivity contribution in [1.82, 2.24) is 20.2 Å². The van der Waals surface area contributed by atoms with Crippen LogP contribution in [0.1, 0.15) is 15.7 Å². The van der Waals surface area contributed by atoms with E-state index in [2.05, 4.69) is 20.5 Å². The molecule has 0 radical (unpaired) electrons. The lowest BCUT2D eigenvalue weighted by Crippen LogP contribution is -2.63. The molecule has 2 fully saturated rings. The first kappa shape index (κ1) is 19.5. The number of nitrogens with one attached hydrogen (secondary N) is 2. The molecule has 0 spiro atoms. The standard InChI is InChI=1S/C23H20ClFN6O.2H2/c24-17-4-2-1-3-15(17)21-26-19(27-22-16-9-14(25)7-8-18(16)29-30-22)10-20(28-21)31-11-23(32,12-31)13-5-6-13;;/h1-4,7-10,13,32H,5-6,11-12H2,(H2,26,27,28,29,30);2*1H. The number of aromatic nitrogens is 4. The number of hydrogen-bond acceptors (Lipinski definition) is 6. The zero-order chi connectivity index (χ0) is 21.9. The maximum absolute atomic E-state index is 13.8. The zero-order valence-corrected chi connectivity index (χ0v) is 17.8. The number of anilines is 3. The van der Waals surface area contributed by atoms with Crippen LogP contribution in [0.15, 0.2) is 48.5 Å². The molecular weight excluding hydrogens is 431 g/mol. The third-order valence-corrected chi connectivity index (χ3v) is 6.52. The molecule has 2 aliphatic rings. The van der Waals surface area contributed by atoms with Crippen LogP contribution in [0.5, 0.6) is 0 Å². The SMILES string of the molecule is OC1(C2CC2)CN(c2cc(Nc3n[nH]c4ccc(F)cc34)nc(-c3ccccc3Cl)n2)C1.[HH].[HH]. The summed E-state index contributed by atoms with van der Waals surface area (Å²) >= 11 is 6.41. The minimum atomic E-state index is -0.640. The van der Waals surface area contributed by atoms with E-state index in [1.54, 1.807) is 12.1 Å². The Kier molecular flexibility index (Phi) is 4.34. The highest BCUT2D eigenvalue weighted by Gasteiger charge is 2.52. The first-order chi connectivity index (χ1) is 15.5. The number of benzene rings is 2. The van der Waals surface area contributed by atoms with Crippen LogP contribution in [0.2, 0.25) is 5.02 Å². The molecular formula is C23H24ClFN6O. The predicted octanol–water partition coefficient (Wildman–Crippen LogP) is 5.01. The number of aliphatic hydroxyl groups is 1. The quantitative estimate of drug-likeness (QED) is 0.393. The van der Waals surface area contributed by atoms with Gasteiger partial charge in [-0.25, -0.2) is 14.4 Å². The van der Waals surface area contributed by atoms with Crippen LogP contribution in [-0.4, -0.2) is 44.0 Å². The molecule has 1 saturated heterocycles. The lowest BCUT2D eigenvalue weighted by molar-refractivity contribution is -0.00973. The lowest BCUT2D eigenvalue weighted by atomic mass is 9.89. The minimum Gasteiger partial charge on any atom is -0.386 e. The van der Waals surface area contributed by atoms with Crippen molar-refractivity contribution in [2.24, 2.45) is 5.92 Å². The van der Waals surface area contributed by atoms with Crippen LogP contribution >= 0.6 is 11.6 Å². The van der Waals surface area contributed by atoms with E-state index >= 15 is 0 Å². The number of hydrogen-bond donors (Lipinski definition) is 3. The average molecular weight is 455 g/mol. The van der Waals surface area contributed by atoms with E-state index < -0.39 is 5.60 Å². The monoisotopic (exact) mass is 454 g/mol. The van der Waals surface area contributed by atoms with Crippen LogP contribution in [0, 0.1) is 11.7 Å². The second-order valence-electron chi connectivity index (χ2n) is 8.54. The minimum absolute atomic E-state index is 0. The van der Waals surface area contributed by atoms with Gasteiger partial charge in [0, 0.05) is 19.9 Å². The smallest absolute Gasteiger partial charge is 0.165 e. The van der Waals surface area contributed by atoms with Gasteiger partial charge in [0.25, 0.3) is 0 Å². The Labute approximate surface area is 191 Å². The van der Waals surface area contributed by atoms with Crippen molar-refractivity contribution >= 4 is 40.0 Å². The van der Waals surface area contributed by atoms with E-state index in [0.717, 1.165) is 12.8 Å². The molecule has 0 atom stereocenters. The molecule has 2 aromatic heterocycles. The van der Waals surface area contributed by atoms with Gasteiger partial charge in [-0.3, -0.25) is 5.10 Å². The molecule has 0 unspecified atom stereocenters. The Balaban J connectivity index is 0.00000137. The van der Waals surface area contributed by atoms with E-state index in [4.69, 9.17) is 16.6 Å². The second kappa shape index (κ2) is 7.15. The fraction of sp³-hybridized carbons (Fsp3) is 0.261. The first-order valence-corrected chi connectivity index (χ1v) is 10.9. The van der Waals surface area contributed by atoms with Gasteiger partial charge < -0.3 is 15.3 Å². The van der Waals surface area contributed by atoms with Gasteiger partial charge in [0.1, 0.15) is 23.1 Å². The van der Waals surface area contributed by atoms with Crippen molar-refractivity contribution < 1.29 is 12.4 Å². The summed E-state index contributed by atoms with van der Waals surface area (Å²) in [5.74, 6) is 2.16.